The lowest BCUT2D eigenvalue weighted by molar-refractivity contribution is 0.102. The first-order chi connectivity index (χ1) is 14.4. The van der Waals surface area contributed by atoms with Gasteiger partial charge in [-0.25, -0.2) is 0 Å². The number of carbonyl (C=O) groups excluding carboxylic acids is 2. The van der Waals surface area contributed by atoms with Crippen molar-refractivity contribution in [3.05, 3.63) is 80.1 Å². The Morgan fingerprint density at radius 1 is 1.00 bits per heavy atom. The third kappa shape index (κ3) is 4.38. The van der Waals surface area contributed by atoms with Crippen LogP contribution in [0.25, 0.3) is 0 Å². The molecule has 1 aliphatic rings. The second-order valence-electron chi connectivity index (χ2n) is 7.46. The molecular weight excluding hydrogens is 439 g/mol. The van der Waals surface area contributed by atoms with Crippen LogP contribution in [0.5, 0.6) is 0 Å². The monoisotopic (exact) mass is 458 g/mol. The van der Waals surface area contributed by atoms with E-state index in [-0.39, 0.29) is 11.8 Å². The van der Waals surface area contributed by atoms with Crippen molar-refractivity contribution in [1.82, 2.24) is 0 Å². The Balaban J connectivity index is 1.67. The van der Waals surface area contributed by atoms with E-state index in [0.717, 1.165) is 29.7 Å². The fraction of sp³-hybridized carbons (Fsp3) is 0.217. The van der Waals surface area contributed by atoms with Crippen LogP contribution in [0, 0.1) is 5.92 Å². The zero-order valence-electron chi connectivity index (χ0n) is 16.3. The van der Waals surface area contributed by atoms with Crippen LogP contribution in [-0.2, 0) is 12.8 Å². The molecule has 30 heavy (non-hydrogen) atoms. The van der Waals surface area contributed by atoms with E-state index >= 15 is 0 Å². The molecule has 0 bridgehead atoms. The van der Waals surface area contributed by atoms with Crippen molar-refractivity contribution >= 4 is 57.0 Å². The summed E-state index contributed by atoms with van der Waals surface area (Å²) in [5, 5.41) is 7.23. The number of thiophene rings is 1. The lowest BCUT2D eigenvalue weighted by atomic mass is 9.88. The van der Waals surface area contributed by atoms with E-state index in [9.17, 15) is 9.59 Å². The zero-order valence-corrected chi connectivity index (χ0v) is 18.6. The van der Waals surface area contributed by atoms with Gasteiger partial charge in [0.15, 0.2) is 0 Å². The van der Waals surface area contributed by atoms with Crippen molar-refractivity contribution in [1.29, 1.82) is 0 Å². The third-order valence-corrected chi connectivity index (χ3v) is 7.09. The van der Waals surface area contributed by atoms with Crippen molar-refractivity contribution in [2.45, 2.75) is 26.2 Å². The molecule has 0 radical (unpaired) electrons. The largest absolute Gasteiger partial charge is 0.322 e. The molecular formula is C23H20Cl2N2O2S. The maximum Gasteiger partial charge on any atom is 0.258 e. The van der Waals surface area contributed by atoms with Crippen LogP contribution in [-0.4, -0.2) is 11.8 Å². The summed E-state index contributed by atoms with van der Waals surface area (Å²) in [5.74, 6) is 0.0643. The van der Waals surface area contributed by atoms with Crippen LogP contribution in [0.4, 0.5) is 10.7 Å². The van der Waals surface area contributed by atoms with Gasteiger partial charge in [-0.2, -0.15) is 0 Å². The minimum atomic E-state index is -0.260. The number of hydrogen-bond donors (Lipinski definition) is 2. The van der Waals surface area contributed by atoms with E-state index in [1.165, 1.54) is 11.3 Å². The lowest BCUT2D eigenvalue weighted by Gasteiger charge is -2.18. The van der Waals surface area contributed by atoms with Crippen LogP contribution in [0.2, 0.25) is 10.0 Å². The highest BCUT2D eigenvalue weighted by Gasteiger charge is 2.28. The minimum Gasteiger partial charge on any atom is -0.322 e. The Bertz CT molecular complexity index is 1110. The molecule has 0 spiro atoms. The number of nitrogens with one attached hydrogen (secondary N) is 2. The minimum absolute atomic E-state index is 0.231. The maximum absolute atomic E-state index is 13.2. The normalized spacial score (nSPS) is 15.4. The highest BCUT2D eigenvalue weighted by molar-refractivity contribution is 7.17. The number of amides is 2. The number of anilines is 2. The summed E-state index contributed by atoms with van der Waals surface area (Å²) >= 11 is 13.6. The van der Waals surface area contributed by atoms with Gasteiger partial charge in [-0.15, -0.1) is 11.3 Å². The molecule has 1 unspecified atom stereocenters. The molecule has 4 nitrogen and oxygen atoms in total. The first-order valence-corrected chi connectivity index (χ1v) is 11.3. The average molecular weight is 459 g/mol. The first-order valence-electron chi connectivity index (χ1n) is 9.69. The van der Waals surface area contributed by atoms with Crippen molar-refractivity contribution in [3.63, 3.8) is 0 Å². The van der Waals surface area contributed by atoms with Crippen molar-refractivity contribution in [3.8, 4) is 0 Å². The summed E-state index contributed by atoms with van der Waals surface area (Å²) in [7, 11) is 0. The zero-order chi connectivity index (χ0) is 21.3. The average Bonchev–Trinajstić information content (AvgIpc) is 3.08. The molecule has 7 heteroatoms. The van der Waals surface area contributed by atoms with Gasteiger partial charge in [0.05, 0.1) is 15.6 Å². The van der Waals surface area contributed by atoms with E-state index < -0.39 is 0 Å². The first kappa shape index (κ1) is 20.9. The predicted molar refractivity (Wildman–Crippen MR) is 124 cm³/mol. The molecule has 1 aromatic heterocycles. The fourth-order valence-corrected chi connectivity index (χ4v) is 5.31. The van der Waals surface area contributed by atoms with Crippen LogP contribution in [0.3, 0.4) is 0 Å². The Labute approximate surface area is 189 Å². The molecule has 154 valence electrons. The van der Waals surface area contributed by atoms with Gasteiger partial charge in [0, 0.05) is 16.1 Å². The van der Waals surface area contributed by atoms with E-state index in [1.807, 2.05) is 18.2 Å². The fourth-order valence-electron chi connectivity index (χ4n) is 3.61. The molecule has 1 atom stereocenters. The number of hydrogen-bond acceptors (Lipinski definition) is 3. The van der Waals surface area contributed by atoms with Gasteiger partial charge in [-0.1, -0.05) is 48.3 Å². The summed E-state index contributed by atoms with van der Waals surface area (Å²) in [5.41, 5.74) is 2.67. The molecule has 2 amide bonds. The van der Waals surface area contributed by atoms with Crippen molar-refractivity contribution in [2.24, 2.45) is 5.92 Å². The molecule has 2 aromatic carbocycles. The molecule has 2 N–H and O–H groups in total. The van der Waals surface area contributed by atoms with Crippen LogP contribution >= 0.6 is 34.5 Å². The Kier molecular flexibility index (Phi) is 6.14. The molecule has 0 aliphatic heterocycles. The second kappa shape index (κ2) is 8.80. The Morgan fingerprint density at radius 2 is 1.77 bits per heavy atom. The molecule has 0 saturated carbocycles. The van der Waals surface area contributed by atoms with E-state index in [4.69, 9.17) is 23.2 Å². The maximum atomic E-state index is 13.2. The highest BCUT2D eigenvalue weighted by Crippen LogP contribution is 2.40. The summed E-state index contributed by atoms with van der Waals surface area (Å²) in [6.07, 6.45) is 2.75. The van der Waals surface area contributed by atoms with E-state index in [2.05, 4.69) is 17.6 Å². The van der Waals surface area contributed by atoms with Gasteiger partial charge in [-0.3, -0.25) is 9.59 Å². The highest BCUT2D eigenvalue weighted by atomic mass is 35.5. The third-order valence-electron chi connectivity index (χ3n) is 5.18. The van der Waals surface area contributed by atoms with Gasteiger partial charge >= 0.3 is 0 Å². The summed E-state index contributed by atoms with van der Waals surface area (Å²) in [6.45, 7) is 2.21. The Hall–Kier alpha value is -2.34. The van der Waals surface area contributed by atoms with Crippen LogP contribution < -0.4 is 10.6 Å². The SMILES string of the molecule is CC1CCc2c(sc(NC(=O)c3ccccc3)c2C(=O)Nc2ccc(Cl)c(Cl)c2)C1. The quantitative estimate of drug-likeness (QED) is 0.457. The number of fused-ring (bicyclic) bond motifs is 1. The van der Waals surface area contributed by atoms with Crippen molar-refractivity contribution < 1.29 is 9.59 Å². The number of rotatable bonds is 4. The standard InChI is InChI=1S/C23H20Cl2N2O2S/c1-13-7-9-16-19(11-13)30-23(27-21(28)14-5-3-2-4-6-14)20(16)22(29)26-15-8-10-17(24)18(25)12-15/h2-6,8,10,12-13H,7,9,11H2,1H3,(H,26,29)(H,27,28). The summed E-state index contributed by atoms with van der Waals surface area (Å²) in [6, 6.07) is 13.9. The van der Waals surface area contributed by atoms with Crippen LogP contribution in [0.1, 0.15) is 44.5 Å². The summed E-state index contributed by atoms with van der Waals surface area (Å²) < 4.78 is 0. The number of carbonyl (C=O) groups is 2. The predicted octanol–water partition coefficient (Wildman–Crippen LogP) is 6.68. The topological polar surface area (TPSA) is 58.2 Å². The summed E-state index contributed by atoms with van der Waals surface area (Å²) in [4.78, 5) is 27.1. The van der Waals surface area contributed by atoms with Gasteiger partial charge in [0.25, 0.3) is 11.8 Å². The Morgan fingerprint density at radius 3 is 2.50 bits per heavy atom. The number of benzene rings is 2. The van der Waals surface area contributed by atoms with Crippen molar-refractivity contribution in [2.75, 3.05) is 10.6 Å². The lowest BCUT2D eigenvalue weighted by Crippen LogP contribution is -2.19. The van der Waals surface area contributed by atoms with E-state index in [1.54, 1.807) is 30.3 Å². The van der Waals surface area contributed by atoms with Gasteiger partial charge < -0.3 is 10.6 Å². The molecule has 1 aliphatic carbocycles. The molecule has 0 saturated heterocycles. The molecule has 1 heterocycles. The van der Waals surface area contributed by atoms with Gasteiger partial charge in [-0.05, 0) is 61.1 Å². The second-order valence-corrected chi connectivity index (χ2v) is 9.38. The molecule has 3 aromatic rings. The van der Waals surface area contributed by atoms with Gasteiger partial charge in [0.1, 0.15) is 5.00 Å². The van der Waals surface area contributed by atoms with Crippen LogP contribution in [0.15, 0.2) is 48.5 Å². The molecule has 0 fully saturated rings. The number of halogens is 2. The van der Waals surface area contributed by atoms with Gasteiger partial charge in [0.2, 0.25) is 0 Å². The molecule has 4 rings (SSSR count). The van der Waals surface area contributed by atoms with E-state index in [0.29, 0.717) is 37.8 Å². The smallest absolute Gasteiger partial charge is 0.258 e.